The second-order valence-corrected chi connectivity index (χ2v) is 3.95. The first-order valence-corrected chi connectivity index (χ1v) is 5.69. The van der Waals surface area contributed by atoms with E-state index >= 15 is 0 Å². The smallest absolute Gasteiger partial charge is 0.326 e. The molecule has 0 bridgehead atoms. The summed E-state index contributed by atoms with van der Waals surface area (Å²) in [5, 5.41) is 13.6. The third kappa shape index (κ3) is 4.08. The molecule has 7 nitrogen and oxygen atoms in total. The minimum Gasteiger partial charge on any atom is -0.490 e. The summed E-state index contributed by atoms with van der Waals surface area (Å²) in [4.78, 5) is 21.4. The van der Waals surface area contributed by atoms with Crippen LogP contribution in [-0.4, -0.2) is 37.7 Å². The Kier molecular flexibility index (Phi) is 5.53. The van der Waals surface area contributed by atoms with Crippen molar-refractivity contribution >= 4 is 23.3 Å². The molecule has 1 atom stereocenters. The minimum atomic E-state index is -0.680. The van der Waals surface area contributed by atoms with Gasteiger partial charge in [-0.2, -0.15) is 0 Å². The van der Waals surface area contributed by atoms with Crippen molar-refractivity contribution in [2.24, 2.45) is 0 Å². The monoisotopic (exact) mass is 288 g/mol. The maximum Gasteiger partial charge on any atom is 0.326 e. The number of nitrogens with one attached hydrogen (secondary N) is 1. The molecule has 0 aliphatic heterocycles. The molecule has 1 aromatic carbocycles. The largest absolute Gasteiger partial charge is 0.490 e. The normalized spacial score (nSPS) is 11.7. The Bertz CT molecular complexity index is 480. The highest BCUT2D eigenvalue weighted by Crippen LogP contribution is 2.28. The Morgan fingerprint density at radius 2 is 2.26 bits per heavy atom. The Morgan fingerprint density at radius 1 is 1.58 bits per heavy atom. The van der Waals surface area contributed by atoms with E-state index in [1.54, 1.807) is 7.05 Å². The molecule has 0 fully saturated rings. The number of hydrogen-bond donors (Lipinski definition) is 1. The van der Waals surface area contributed by atoms with E-state index in [2.05, 4.69) is 10.1 Å². The van der Waals surface area contributed by atoms with E-state index in [4.69, 9.17) is 16.3 Å². The lowest BCUT2D eigenvalue weighted by Gasteiger charge is -2.15. The van der Waals surface area contributed by atoms with Crippen LogP contribution in [0.5, 0.6) is 5.75 Å². The molecule has 0 radical (unpaired) electrons. The molecule has 104 valence electrons. The van der Waals surface area contributed by atoms with Crippen LogP contribution < -0.4 is 10.1 Å². The molecule has 19 heavy (non-hydrogen) atoms. The first-order chi connectivity index (χ1) is 8.99. The van der Waals surface area contributed by atoms with Gasteiger partial charge in [0.05, 0.1) is 23.1 Å². The molecule has 1 N–H and O–H groups in total. The SMILES string of the molecule is CNC(COc1cc([N+](=O)[O-])ccc1Cl)C(=O)OC. The highest BCUT2D eigenvalue weighted by molar-refractivity contribution is 6.32. The van der Waals surface area contributed by atoms with Gasteiger partial charge < -0.3 is 14.8 Å². The van der Waals surface area contributed by atoms with Gasteiger partial charge in [-0.25, -0.2) is 0 Å². The maximum absolute atomic E-state index is 11.3. The zero-order chi connectivity index (χ0) is 14.4. The third-order valence-corrected chi connectivity index (χ3v) is 2.68. The molecule has 0 amide bonds. The zero-order valence-corrected chi connectivity index (χ0v) is 11.1. The van der Waals surface area contributed by atoms with Gasteiger partial charge in [-0.3, -0.25) is 14.9 Å². The number of ether oxygens (including phenoxy) is 2. The maximum atomic E-state index is 11.3. The number of esters is 1. The highest BCUT2D eigenvalue weighted by atomic mass is 35.5. The van der Waals surface area contributed by atoms with E-state index < -0.39 is 16.9 Å². The van der Waals surface area contributed by atoms with Crippen LogP contribution in [0.2, 0.25) is 5.02 Å². The number of rotatable bonds is 6. The summed E-state index contributed by atoms with van der Waals surface area (Å²) in [5.74, 6) is -0.357. The number of nitrogens with zero attached hydrogens (tertiary/aromatic N) is 1. The number of hydrogen-bond acceptors (Lipinski definition) is 6. The summed E-state index contributed by atoms with van der Waals surface area (Å²) in [5.41, 5.74) is -0.140. The summed E-state index contributed by atoms with van der Waals surface area (Å²) < 4.78 is 9.87. The molecular weight excluding hydrogens is 276 g/mol. The molecule has 0 saturated heterocycles. The number of methoxy groups -OCH3 is 1. The van der Waals surface area contributed by atoms with Crippen LogP contribution in [0.25, 0.3) is 0 Å². The van der Waals surface area contributed by atoms with Crippen molar-refractivity contribution in [2.45, 2.75) is 6.04 Å². The van der Waals surface area contributed by atoms with Gasteiger partial charge in [-0.1, -0.05) is 11.6 Å². The lowest BCUT2D eigenvalue weighted by molar-refractivity contribution is -0.384. The number of likely N-dealkylation sites (N-methyl/N-ethyl adjacent to an activating group) is 1. The molecular formula is C11H13ClN2O5. The van der Waals surface area contributed by atoms with Crippen molar-refractivity contribution in [2.75, 3.05) is 20.8 Å². The average molecular weight is 289 g/mol. The fourth-order valence-corrected chi connectivity index (χ4v) is 1.47. The predicted octanol–water partition coefficient (Wildman–Crippen LogP) is 1.39. The molecule has 1 aromatic rings. The van der Waals surface area contributed by atoms with Gasteiger partial charge in [-0.15, -0.1) is 0 Å². The van der Waals surface area contributed by atoms with Crippen LogP contribution in [-0.2, 0) is 9.53 Å². The lowest BCUT2D eigenvalue weighted by atomic mass is 10.3. The van der Waals surface area contributed by atoms with Crippen LogP contribution >= 0.6 is 11.6 Å². The summed E-state index contributed by atoms with van der Waals surface area (Å²) in [7, 11) is 2.83. The number of nitro groups is 1. The van der Waals surface area contributed by atoms with Gasteiger partial charge in [0.15, 0.2) is 0 Å². The molecule has 0 aliphatic carbocycles. The van der Waals surface area contributed by atoms with Crippen LogP contribution in [0.4, 0.5) is 5.69 Å². The minimum absolute atomic E-state index is 0.0515. The topological polar surface area (TPSA) is 90.7 Å². The molecule has 8 heteroatoms. The standard InChI is InChI=1S/C11H13ClN2O5/c1-13-9(11(15)18-2)6-19-10-5-7(14(16)17)3-4-8(10)12/h3-5,9,13H,6H2,1-2H3. The molecule has 0 aromatic heterocycles. The number of non-ortho nitro benzene ring substituents is 1. The van der Waals surface area contributed by atoms with Crippen LogP contribution in [0, 0.1) is 10.1 Å². The summed E-state index contributed by atoms with van der Waals surface area (Å²) in [6.07, 6.45) is 0. The van der Waals surface area contributed by atoms with Crippen LogP contribution in [0.3, 0.4) is 0 Å². The van der Waals surface area contributed by atoms with Gasteiger partial charge in [0.2, 0.25) is 0 Å². The molecule has 0 spiro atoms. The van der Waals surface area contributed by atoms with E-state index in [9.17, 15) is 14.9 Å². The van der Waals surface area contributed by atoms with Crippen LogP contribution in [0.15, 0.2) is 18.2 Å². The molecule has 0 saturated carbocycles. The van der Waals surface area contributed by atoms with Gasteiger partial charge >= 0.3 is 5.97 Å². The van der Waals surface area contributed by atoms with Crippen molar-refractivity contribution in [3.63, 3.8) is 0 Å². The van der Waals surface area contributed by atoms with E-state index in [1.807, 2.05) is 0 Å². The highest BCUT2D eigenvalue weighted by Gasteiger charge is 2.19. The van der Waals surface area contributed by atoms with E-state index in [-0.39, 0.29) is 23.1 Å². The van der Waals surface area contributed by atoms with Gasteiger partial charge in [0, 0.05) is 6.07 Å². The van der Waals surface area contributed by atoms with E-state index in [0.717, 1.165) is 0 Å². The average Bonchev–Trinajstić information content (AvgIpc) is 2.40. The van der Waals surface area contributed by atoms with Crippen molar-refractivity contribution in [1.82, 2.24) is 5.32 Å². The number of nitro benzene ring substituents is 1. The zero-order valence-electron chi connectivity index (χ0n) is 10.4. The second kappa shape index (κ2) is 6.91. The van der Waals surface area contributed by atoms with Crippen LogP contribution in [0.1, 0.15) is 0 Å². The second-order valence-electron chi connectivity index (χ2n) is 3.55. The molecule has 1 unspecified atom stereocenters. The summed E-state index contributed by atoms with van der Waals surface area (Å²) in [6, 6.07) is 3.15. The Labute approximate surface area is 114 Å². The number of carbonyl (C=O) groups is 1. The number of halogens is 1. The fraction of sp³-hybridized carbons (Fsp3) is 0.364. The van der Waals surface area contributed by atoms with Crippen molar-refractivity contribution in [3.8, 4) is 5.75 Å². The van der Waals surface area contributed by atoms with E-state index in [1.165, 1.54) is 25.3 Å². The molecule has 0 aliphatic rings. The van der Waals surface area contributed by atoms with Gasteiger partial charge in [-0.05, 0) is 13.1 Å². The first kappa shape index (κ1) is 15.2. The lowest BCUT2D eigenvalue weighted by Crippen LogP contribution is -2.40. The van der Waals surface area contributed by atoms with Crippen molar-refractivity contribution in [1.29, 1.82) is 0 Å². The van der Waals surface area contributed by atoms with E-state index in [0.29, 0.717) is 0 Å². The van der Waals surface area contributed by atoms with Gasteiger partial charge in [0.1, 0.15) is 18.4 Å². The summed E-state index contributed by atoms with van der Waals surface area (Å²) >= 11 is 5.86. The Hall–Kier alpha value is -1.86. The number of carbonyl (C=O) groups excluding carboxylic acids is 1. The third-order valence-electron chi connectivity index (χ3n) is 2.37. The predicted molar refractivity (Wildman–Crippen MR) is 68.5 cm³/mol. The molecule has 1 rings (SSSR count). The fourth-order valence-electron chi connectivity index (χ4n) is 1.30. The van der Waals surface area contributed by atoms with Crippen molar-refractivity contribution < 1.29 is 19.2 Å². The Balaban J connectivity index is 2.79. The first-order valence-electron chi connectivity index (χ1n) is 5.31. The number of benzene rings is 1. The molecule has 0 heterocycles. The Morgan fingerprint density at radius 3 is 2.79 bits per heavy atom. The van der Waals surface area contributed by atoms with Gasteiger partial charge in [0.25, 0.3) is 5.69 Å². The summed E-state index contributed by atoms with van der Waals surface area (Å²) in [6.45, 7) is -0.0515. The quantitative estimate of drug-likeness (QED) is 0.483. The van der Waals surface area contributed by atoms with Crippen molar-refractivity contribution in [3.05, 3.63) is 33.3 Å².